The first kappa shape index (κ1) is 16.5. The van der Waals surface area contributed by atoms with Crippen LogP contribution in [0.5, 0.6) is 5.75 Å². The molecule has 6 heteroatoms. The van der Waals surface area contributed by atoms with Crippen molar-refractivity contribution in [2.75, 3.05) is 13.1 Å². The van der Waals surface area contributed by atoms with Gasteiger partial charge in [-0.25, -0.2) is 0 Å². The predicted octanol–water partition coefficient (Wildman–Crippen LogP) is 1.91. The summed E-state index contributed by atoms with van der Waals surface area (Å²) < 4.78 is 5.96. The predicted molar refractivity (Wildman–Crippen MR) is 89.5 cm³/mol. The number of carbonyl (C=O) groups is 2. The molecule has 0 radical (unpaired) electrons. The van der Waals surface area contributed by atoms with Crippen LogP contribution in [-0.4, -0.2) is 40.9 Å². The summed E-state index contributed by atoms with van der Waals surface area (Å²) in [4.78, 5) is 29.7. The van der Waals surface area contributed by atoms with Gasteiger partial charge in [0.2, 0.25) is 5.91 Å². The Kier molecular flexibility index (Phi) is 5.13. The molecule has 1 saturated heterocycles. The van der Waals surface area contributed by atoms with Gasteiger partial charge in [-0.2, -0.15) is 0 Å². The van der Waals surface area contributed by atoms with Crippen molar-refractivity contribution in [1.29, 1.82) is 0 Å². The molecule has 2 aliphatic rings. The van der Waals surface area contributed by atoms with Gasteiger partial charge in [0.1, 0.15) is 17.5 Å². The lowest BCUT2D eigenvalue weighted by atomic mass is 9.92. The van der Waals surface area contributed by atoms with Crippen LogP contribution in [0.3, 0.4) is 0 Å². The number of aromatic nitrogens is 1. The molecule has 2 atom stereocenters. The highest BCUT2D eigenvalue weighted by atomic mass is 16.5. The minimum absolute atomic E-state index is 0.0649. The molecule has 128 valence electrons. The standard InChI is InChI=1S/C18H23N3O3/c19-17(22)16-11-14(8-9-20-16)24-15-7-4-10-21(12-15)18(23)13-5-2-1-3-6-13/h1-2,8-9,11,13,15H,3-7,10,12H2,(H2,19,22). The molecule has 6 nitrogen and oxygen atoms in total. The average molecular weight is 329 g/mol. The van der Waals surface area contributed by atoms with E-state index in [0.29, 0.717) is 12.3 Å². The van der Waals surface area contributed by atoms with Crippen molar-refractivity contribution in [3.05, 3.63) is 36.2 Å². The Morgan fingerprint density at radius 2 is 2.17 bits per heavy atom. The minimum atomic E-state index is -0.578. The van der Waals surface area contributed by atoms with E-state index in [1.54, 1.807) is 12.1 Å². The Hall–Kier alpha value is -2.37. The summed E-state index contributed by atoms with van der Waals surface area (Å²) in [6.45, 7) is 1.38. The number of carbonyl (C=O) groups excluding carboxylic acids is 2. The molecule has 2 N–H and O–H groups in total. The first-order valence-corrected chi connectivity index (χ1v) is 8.50. The molecule has 24 heavy (non-hydrogen) atoms. The van der Waals surface area contributed by atoms with Crippen molar-refractivity contribution in [1.82, 2.24) is 9.88 Å². The number of pyridine rings is 1. The van der Waals surface area contributed by atoms with E-state index in [1.165, 1.54) is 6.20 Å². The van der Waals surface area contributed by atoms with Gasteiger partial charge in [-0.15, -0.1) is 0 Å². The number of nitrogens with two attached hydrogens (primary N) is 1. The fourth-order valence-electron chi connectivity index (χ4n) is 3.32. The molecule has 0 spiro atoms. The Morgan fingerprint density at radius 1 is 1.29 bits per heavy atom. The van der Waals surface area contributed by atoms with Crippen LogP contribution >= 0.6 is 0 Å². The zero-order chi connectivity index (χ0) is 16.9. The van der Waals surface area contributed by atoms with Crippen LogP contribution in [0.1, 0.15) is 42.6 Å². The Labute approximate surface area is 141 Å². The zero-order valence-corrected chi connectivity index (χ0v) is 13.7. The van der Waals surface area contributed by atoms with E-state index < -0.39 is 5.91 Å². The number of nitrogens with zero attached hydrogens (tertiary/aromatic N) is 2. The van der Waals surface area contributed by atoms with E-state index in [1.807, 2.05) is 4.90 Å². The van der Waals surface area contributed by atoms with E-state index in [9.17, 15) is 9.59 Å². The summed E-state index contributed by atoms with van der Waals surface area (Å²) in [7, 11) is 0. The van der Waals surface area contributed by atoms with Gasteiger partial charge in [-0.1, -0.05) is 12.2 Å². The lowest BCUT2D eigenvalue weighted by Crippen LogP contribution is -2.46. The molecule has 3 rings (SSSR count). The number of rotatable bonds is 4. The van der Waals surface area contributed by atoms with Gasteiger partial charge < -0.3 is 15.4 Å². The van der Waals surface area contributed by atoms with Crippen LogP contribution in [-0.2, 0) is 4.79 Å². The van der Waals surface area contributed by atoms with Gasteiger partial charge >= 0.3 is 0 Å². The topological polar surface area (TPSA) is 85.5 Å². The number of hydrogen-bond donors (Lipinski definition) is 1. The lowest BCUT2D eigenvalue weighted by molar-refractivity contribution is -0.138. The number of allylic oxidation sites excluding steroid dienone is 2. The van der Waals surface area contributed by atoms with Gasteiger partial charge in [0.05, 0.1) is 6.54 Å². The molecule has 1 aliphatic heterocycles. The van der Waals surface area contributed by atoms with Crippen molar-refractivity contribution >= 4 is 11.8 Å². The number of piperidine rings is 1. The maximum atomic E-state index is 12.7. The number of likely N-dealkylation sites (tertiary alicyclic amines) is 1. The molecule has 2 unspecified atom stereocenters. The van der Waals surface area contributed by atoms with E-state index >= 15 is 0 Å². The third kappa shape index (κ3) is 3.93. The van der Waals surface area contributed by atoms with Crippen molar-refractivity contribution < 1.29 is 14.3 Å². The zero-order valence-electron chi connectivity index (χ0n) is 13.7. The average Bonchev–Trinajstić information content (AvgIpc) is 2.62. The first-order valence-electron chi connectivity index (χ1n) is 8.50. The highest BCUT2D eigenvalue weighted by molar-refractivity contribution is 5.91. The Balaban J connectivity index is 1.61. The van der Waals surface area contributed by atoms with Crippen molar-refractivity contribution in [3.63, 3.8) is 0 Å². The fraction of sp³-hybridized carbons (Fsp3) is 0.500. The summed E-state index contributed by atoms with van der Waals surface area (Å²) in [5.41, 5.74) is 5.43. The number of amides is 2. The van der Waals surface area contributed by atoms with Gasteiger partial charge in [-0.05, 0) is 38.2 Å². The monoisotopic (exact) mass is 329 g/mol. The van der Waals surface area contributed by atoms with Crippen LogP contribution in [0.15, 0.2) is 30.5 Å². The van der Waals surface area contributed by atoms with Crippen molar-refractivity contribution in [2.24, 2.45) is 11.7 Å². The molecule has 1 aliphatic carbocycles. The summed E-state index contributed by atoms with van der Waals surface area (Å²) in [6, 6.07) is 3.26. The smallest absolute Gasteiger partial charge is 0.267 e. The number of primary amides is 1. The summed E-state index contributed by atoms with van der Waals surface area (Å²) in [5.74, 6) is 0.335. The normalized spacial score (nSPS) is 23.8. The van der Waals surface area contributed by atoms with E-state index in [4.69, 9.17) is 10.5 Å². The Bertz CT molecular complexity index is 644. The third-order valence-corrected chi connectivity index (χ3v) is 4.59. The van der Waals surface area contributed by atoms with Crippen LogP contribution < -0.4 is 10.5 Å². The molecule has 0 bridgehead atoms. The lowest BCUT2D eigenvalue weighted by Gasteiger charge is -2.35. The summed E-state index contributed by atoms with van der Waals surface area (Å²) in [5, 5.41) is 0. The summed E-state index contributed by atoms with van der Waals surface area (Å²) in [6.07, 6.45) is 10.3. The molecule has 2 heterocycles. The minimum Gasteiger partial charge on any atom is -0.488 e. The molecular formula is C18H23N3O3. The van der Waals surface area contributed by atoms with Gasteiger partial charge in [0, 0.05) is 24.7 Å². The second kappa shape index (κ2) is 7.47. The van der Waals surface area contributed by atoms with Crippen LogP contribution in [0.25, 0.3) is 0 Å². The highest BCUT2D eigenvalue weighted by Gasteiger charge is 2.29. The third-order valence-electron chi connectivity index (χ3n) is 4.59. The molecule has 0 aromatic carbocycles. The molecule has 1 aromatic heterocycles. The first-order chi connectivity index (χ1) is 11.6. The second-order valence-corrected chi connectivity index (χ2v) is 6.39. The molecular weight excluding hydrogens is 306 g/mol. The van der Waals surface area contributed by atoms with Crippen LogP contribution in [0.2, 0.25) is 0 Å². The van der Waals surface area contributed by atoms with E-state index in [-0.39, 0.29) is 23.6 Å². The van der Waals surface area contributed by atoms with E-state index in [2.05, 4.69) is 17.1 Å². The SMILES string of the molecule is NC(=O)c1cc(OC2CCCN(C(=O)C3CC=CCC3)C2)ccn1. The Morgan fingerprint density at radius 3 is 2.92 bits per heavy atom. The maximum Gasteiger partial charge on any atom is 0.267 e. The molecule has 1 aromatic rings. The van der Waals surface area contributed by atoms with Gasteiger partial charge in [-0.3, -0.25) is 14.6 Å². The maximum absolute atomic E-state index is 12.7. The van der Waals surface area contributed by atoms with Crippen molar-refractivity contribution in [2.45, 2.75) is 38.2 Å². The van der Waals surface area contributed by atoms with Crippen molar-refractivity contribution in [3.8, 4) is 5.75 Å². The fourth-order valence-corrected chi connectivity index (χ4v) is 3.32. The second-order valence-electron chi connectivity index (χ2n) is 6.39. The molecule has 0 saturated carbocycles. The highest BCUT2D eigenvalue weighted by Crippen LogP contribution is 2.24. The number of hydrogen-bond acceptors (Lipinski definition) is 4. The van der Waals surface area contributed by atoms with Gasteiger partial charge in [0.15, 0.2) is 0 Å². The van der Waals surface area contributed by atoms with E-state index in [0.717, 1.165) is 38.6 Å². The van der Waals surface area contributed by atoms with Crippen LogP contribution in [0, 0.1) is 5.92 Å². The molecule has 2 amide bonds. The largest absolute Gasteiger partial charge is 0.488 e. The number of ether oxygens (including phenoxy) is 1. The van der Waals surface area contributed by atoms with Gasteiger partial charge in [0.25, 0.3) is 5.91 Å². The molecule has 1 fully saturated rings. The van der Waals surface area contributed by atoms with Crippen LogP contribution in [0.4, 0.5) is 0 Å². The quantitative estimate of drug-likeness (QED) is 0.855. The summed E-state index contributed by atoms with van der Waals surface area (Å²) >= 11 is 0.